The molecule has 1 aromatic heterocycles. The third-order valence-corrected chi connectivity index (χ3v) is 5.97. The molecule has 1 aliphatic carbocycles. The fourth-order valence-corrected chi connectivity index (χ4v) is 4.46. The second kappa shape index (κ2) is 8.82. The molecule has 3 aromatic rings. The number of ether oxygens (including phenoxy) is 3. The molecule has 1 unspecified atom stereocenters. The number of rotatable bonds is 6. The van der Waals surface area contributed by atoms with Crippen molar-refractivity contribution >= 4 is 11.1 Å². The van der Waals surface area contributed by atoms with E-state index in [1.54, 1.807) is 7.11 Å². The van der Waals surface area contributed by atoms with Crippen molar-refractivity contribution in [2.24, 2.45) is 5.41 Å². The average molecular weight is 431 g/mol. The molecule has 6 heteroatoms. The molecule has 32 heavy (non-hydrogen) atoms. The van der Waals surface area contributed by atoms with Gasteiger partial charge in [0.05, 0.1) is 19.8 Å². The Balaban J connectivity index is 1.44. The third-order valence-electron chi connectivity index (χ3n) is 5.97. The summed E-state index contributed by atoms with van der Waals surface area (Å²) < 4.78 is 22.5. The lowest BCUT2D eigenvalue weighted by Gasteiger charge is -2.34. The molecule has 6 nitrogen and oxygen atoms in total. The highest BCUT2D eigenvalue weighted by molar-refractivity contribution is 5.80. The maximum absolute atomic E-state index is 5.67. The van der Waals surface area contributed by atoms with Gasteiger partial charge in [-0.2, -0.15) is 4.98 Å². The first-order valence-corrected chi connectivity index (χ1v) is 10.8. The Morgan fingerprint density at radius 1 is 1.00 bits per heavy atom. The Labute approximate surface area is 187 Å². The quantitative estimate of drug-likeness (QED) is 0.528. The number of aromatic nitrogens is 2. The first-order chi connectivity index (χ1) is 15.7. The number of methoxy groups -OCH3 is 1. The van der Waals surface area contributed by atoms with Crippen LogP contribution in [0.25, 0.3) is 22.5 Å². The first kappa shape index (κ1) is 20.8. The minimum absolute atomic E-state index is 0.202. The molecule has 5 rings (SSSR count). The van der Waals surface area contributed by atoms with Crippen LogP contribution in [0.5, 0.6) is 0 Å². The van der Waals surface area contributed by atoms with Crippen molar-refractivity contribution in [3.8, 4) is 11.4 Å². The second-order valence-corrected chi connectivity index (χ2v) is 8.43. The van der Waals surface area contributed by atoms with Gasteiger partial charge in [-0.3, -0.25) is 0 Å². The van der Waals surface area contributed by atoms with Gasteiger partial charge in [-0.05, 0) is 23.6 Å². The number of benzene rings is 2. The van der Waals surface area contributed by atoms with Gasteiger partial charge in [0.2, 0.25) is 5.82 Å². The van der Waals surface area contributed by atoms with Crippen molar-refractivity contribution in [3.63, 3.8) is 0 Å². The highest BCUT2D eigenvalue weighted by atomic mass is 16.7. The fraction of sp³-hybridized carbons (Fsp3) is 0.308. The normalized spacial score (nSPS) is 21.4. The molecule has 164 valence electrons. The zero-order chi connectivity index (χ0) is 22.0. The van der Waals surface area contributed by atoms with Crippen molar-refractivity contribution in [2.75, 3.05) is 26.9 Å². The van der Waals surface area contributed by atoms with E-state index in [0.29, 0.717) is 31.5 Å². The van der Waals surface area contributed by atoms with Gasteiger partial charge in [0, 0.05) is 29.2 Å². The van der Waals surface area contributed by atoms with Crippen molar-refractivity contribution in [1.82, 2.24) is 10.1 Å². The summed E-state index contributed by atoms with van der Waals surface area (Å²) in [6.07, 6.45) is 4.63. The largest absolute Gasteiger partial charge is 0.384 e. The van der Waals surface area contributed by atoms with Gasteiger partial charge in [-0.25, -0.2) is 0 Å². The molecule has 1 atom stereocenters. The van der Waals surface area contributed by atoms with Crippen LogP contribution < -0.4 is 0 Å². The summed E-state index contributed by atoms with van der Waals surface area (Å²) in [5, 5.41) is 4.24. The molecule has 0 amide bonds. The van der Waals surface area contributed by atoms with Gasteiger partial charge in [0.15, 0.2) is 6.29 Å². The Morgan fingerprint density at radius 2 is 1.78 bits per heavy atom. The number of hydrogen-bond donors (Lipinski definition) is 0. The SMILES string of the molecule is COCC1(C)CC(c2nc(-c3cccc(C4OCCO4)c3)no2)=CC=C1c1ccccc1. The fourth-order valence-electron chi connectivity index (χ4n) is 4.46. The molecule has 1 saturated heterocycles. The Morgan fingerprint density at radius 3 is 2.56 bits per heavy atom. The summed E-state index contributed by atoms with van der Waals surface area (Å²) in [6.45, 7) is 4.02. The molecule has 2 aromatic carbocycles. The predicted octanol–water partition coefficient (Wildman–Crippen LogP) is 5.31. The summed E-state index contributed by atoms with van der Waals surface area (Å²) in [4.78, 5) is 4.70. The highest BCUT2D eigenvalue weighted by Crippen LogP contribution is 2.45. The van der Waals surface area contributed by atoms with Crippen molar-refractivity contribution in [1.29, 1.82) is 0 Å². The summed E-state index contributed by atoms with van der Waals surface area (Å²) >= 11 is 0. The number of allylic oxidation sites excluding steroid dienone is 3. The van der Waals surface area contributed by atoms with Gasteiger partial charge in [0.1, 0.15) is 0 Å². The predicted molar refractivity (Wildman–Crippen MR) is 121 cm³/mol. The zero-order valence-electron chi connectivity index (χ0n) is 18.3. The first-order valence-electron chi connectivity index (χ1n) is 10.8. The second-order valence-electron chi connectivity index (χ2n) is 8.43. The molecule has 0 N–H and O–H groups in total. The molecular formula is C26H26N2O4. The van der Waals surface area contributed by atoms with Crippen LogP contribution >= 0.6 is 0 Å². The highest BCUT2D eigenvalue weighted by Gasteiger charge is 2.35. The minimum Gasteiger partial charge on any atom is -0.384 e. The van der Waals surface area contributed by atoms with E-state index in [1.807, 2.05) is 30.3 Å². The van der Waals surface area contributed by atoms with Crippen LogP contribution in [0.3, 0.4) is 0 Å². The van der Waals surface area contributed by atoms with Gasteiger partial charge in [-0.1, -0.05) is 72.8 Å². The zero-order valence-corrected chi connectivity index (χ0v) is 18.3. The molecular weight excluding hydrogens is 404 g/mol. The summed E-state index contributed by atoms with van der Waals surface area (Å²) in [7, 11) is 1.74. The Bertz CT molecular complexity index is 1150. The summed E-state index contributed by atoms with van der Waals surface area (Å²) in [5.74, 6) is 1.08. The van der Waals surface area contributed by atoms with Crippen LogP contribution in [0.15, 0.2) is 71.3 Å². The lowest BCUT2D eigenvalue weighted by atomic mass is 9.71. The van der Waals surface area contributed by atoms with Crippen molar-refractivity contribution in [3.05, 3.63) is 83.8 Å². The molecule has 1 aliphatic heterocycles. The van der Waals surface area contributed by atoms with E-state index in [2.05, 4.69) is 48.5 Å². The Hall–Kier alpha value is -3.06. The molecule has 0 saturated carbocycles. The summed E-state index contributed by atoms with van der Waals surface area (Å²) in [5.41, 5.74) is 5.06. The van der Waals surface area contributed by atoms with E-state index in [0.717, 1.165) is 23.1 Å². The van der Waals surface area contributed by atoms with Gasteiger partial charge < -0.3 is 18.7 Å². The summed E-state index contributed by atoms with van der Waals surface area (Å²) in [6, 6.07) is 18.3. The van der Waals surface area contributed by atoms with E-state index in [1.165, 1.54) is 11.1 Å². The van der Waals surface area contributed by atoms with Crippen LogP contribution in [0.1, 0.15) is 36.7 Å². The molecule has 1 fully saturated rings. The third kappa shape index (κ3) is 4.05. The van der Waals surface area contributed by atoms with E-state index in [9.17, 15) is 0 Å². The number of hydrogen-bond acceptors (Lipinski definition) is 6. The van der Waals surface area contributed by atoms with Crippen LogP contribution in [0.2, 0.25) is 0 Å². The van der Waals surface area contributed by atoms with Crippen molar-refractivity contribution in [2.45, 2.75) is 19.6 Å². The maximum atomic E-state index is 5.67. The maximum Gasteiger partial charge on any atom is 0.254 e. The topological polar surface area (TPSA) is 66.6 Å². The number of nitrogens with zero attached hydrogens (tertiary/aromatic N) is 2. The van der Waals surface area contributed by atoms with E-state index in [4.69, 9.17) is 23.7 Å². The van der Waals surface area contributed by atoms with Gasteiger partial charge >= 0.3 is 0 Å². The van der Waals surface area contributed by atoms with Gasteiger partial charge in [0.25, 0.3) is 5.89 Å². The minimum atomic E-state index is -0.335. The lowest BCUT2D eigenvalue weighted by Crippen LogP contribution is -2.27. The van der Waals surface area contributed by atoms with E-state index >= 15 is 0 Å². The molecule has 0 radical (unpaired) electrons. The smallest absolute Gasteiger partial charge is 0.254 e. The van der Waals surface area contributed by atoms with Gasteiger partial charge in [-0.15, -0.1) is 0 Å². The molecule has 0 spiro atoms. The van der Waals surface area contributed by atoms with Crippen LogP contribution in [-0.4, -0.2) is 37.1 Å². The van der Waals surface area contributed by atoms with Crippen LogP contribution in [0.4, 0.5) is 0 Å². The monoisotopic (exact) mass is 430 g/mol. The van der Waals surface area contributed by atoms with E-state index < -0.39 is 0 Å². The average Bonchev–Trinajstić information content (AvgIpc) is 3.52. The van der Waals surface area contributed by atoms with E-state index in [-0.39, 0.29) is 11.7 Å². The van der Waals surface area contributed by atoms with Crippen molar-refractivity contribution < 1.29 is 18.7 Å². The standard InChI is InChI=1S/C26H26N2O4/c1-26(17-29-2)16-21(11-12-22(26)18-7-4-3-5-8-18)24-27-23(28-32-24)19-9-6-10-20(15-19)25-30-13-14-31-25/h3-12,15,25H,13-14,16-17H2,1-2H3. The molecule has 2 aliphatic rings. The lowest BCUT2D eigenvalue weighted by molar-refractivity contribution is -0.0440. The molecule has 2 heterocycles. The van der Waals surface area contributed by atoms with Crippen LogP contribution in [0, 0.1) is 5.41 Å². The van der Waals surface area contributed by atoms with Crippen LogP contribution in [-0.2, 0) is 14.2 Å². The Kier molecular flexibility index (Phi) is 5.74. The molecule has 0 bridgehead atoms.